The summed E-state index contributed by atoms with van der Waals surface area (Å²) >= 11 is 0. The van der Waals surface area contributed by atoms with Gasteiger partial charge in [-0.05, 0) is 19.4 Å². The second-order valence-corrected chi connectivity index (χ2v) is 5.84. The van der Waals surface area contributed by atoms with Crippen molar-refractivity contribution in [2.45, 2.75) is 25.1 Å². The van der Waals surface area contributed by atoms with Gasteiger partial charge in [-0.15, -0.1) is 0 Å². The summed E-state index contributed by atoms with van der Waals surface area (Å²) in [6, 6.07) is 7.81. The molecule has 2 N–H and O–H groups in total. The van der Waals surface area contributed by atoms with E-state index in [1.807, 2.05) is 0 Å². The minimum Gasteiger partial charge on any atom is -0.350 e. The first-order chi connectivity index (χ1) is 11.9. The van der Waals surface area contributed by atoms with Crippen LogP contribution in [0.1, 0.15) is 34.5 Å². The van der Waals surface area contributed by atoms with Gasteiger partial charge in [0, 0.05) is 24.3 Å². The average molecular weight is 350 g/mol. The van der Waals surface area contributed by atoms with Crippen LogP contribution >= 0.6 is 0 Å². The Morgan fingerprint density at radius 3 is 2.64 bits per heavy atom. The zero-order valence-electron chi connectivity index (χ0n) is 13.3. The van der Waals surface area contributed by atoms with Crippen LogP contribution in [0.2, 0.25) is 0 Å². The monoisotopic (exact) mass is 350 g/mol. The van der Waals surface area contributed by atoms with Crippen LogP contribution < -0.4 is 10.6 Å². The average Bonchev–Trinajstić information content (AvgIpc) is 2.62. The van der Waals surface area contributed by atoms with Crippen molar-refractivity contribution >= 4 is 11.7 Å². The number of alkyl halides is 3. The molecular formula is C17H17F3N4O. The van der Waals surface area contributed by atoms with Crippen molar-refractivity contribution < 1.29 is 18.0 Å². The first-order valence-electron chi connectivity index (χ1n) is 7.96. The van der Waals surface area contributed by atoms with E-state index < -0.39 is 23.2 Å². The zero-order valence-corrected chi connectivity index (χ0v) is 13.3. The van der Waals surface area contributed by atoms with Gasteiger partial charge < -0.3 is 10.6 Å². The van der Waals surface area contributed by atoms with Crippen LogP contribution in [0.4, 0.5) is 19.1 Å². The lowest BCUT2D eigenvalue weighted by atomic mass is 10.0. The van der Waals surface area contributed by atoms with Crippen LogP contribution in [0.25, 0.3) is 0 Å². The molecule has 132 valence electrons. The van der Waals surface area contributed by atoms with E-state index in [9.17, 15) is 18.0 Å². The number of benzene rings is 1. The summed E-state index contributed by atoms with van der Waals surface area (Å²) in [4.78, 5) is 20.2. The van der Waals surface area contributed by atoms with Crippen LogP contribution in [-0.2, 0) is 6.18 Å². The van der Waals surface area contributed by atoms with E-state index >= 15 is 0 Å². The molecule has 3 rings (SSSR count). The van der Waals surface area contributed by atoms with E-state index in [1.165, 1.54) is 12.1 Å². The van der Waals surface area contributed by atoms with Gasteiger partial charge in [0.15, 0.2) is 0 Å². The van der Waals surface area contributed by atoms with Gasteiger partial charge in [-0.3, -0.25) is 4.79 Å². The predicted molar refractivity (Wildman–Crippen MR) is 86.4 cm³/mol. The van der Waals surface area contributed by atoms with Gasteiger partial charge in [0.2, 0.25) is 11.7 Å². The number of carbonyl (C=O) groups excluding carboxylic acids is 1. The lowest BCUT2D eigenvalue weighted by Crippen LogP contribution is -2.39. The first-order valence-corrected chi connectivity index (χ1v) is 7.96. The Hall–Kier alpha value is -2.48. The molecule has 0 spiro atoms. The SMILES string of the molecule is O=C(c1ccccc1)c1nc(N[C@H]2CCCNC2)ncc1C(F)(F)F. The van der Waals surface area contributed by atoms with Crippen molar-refractivity contribution in [3.05, 3.63) is 53.3 Å². The summed E-state index contributed by atoms with van der Waals surface area (Å²) in [5.74, 6) is -0.749. The molecule has 0 amide bonds. The largest absolute Gasteiger partial charge is 0.420 e. The number of carbonyl (C=O) groups is 1. The number of halogens is 3. The molecule has 0 aliphatic carbocycles. The molecule has 1 saturated heterocycles. The summed E-state index contributed by atoms with van der Waals surface area (Å²) in [5, 5.41) is 6.19. The van der Waals surface area contributed by atoms with E-state index in [1.54, 1.807) is 18.2 Å². The summed E-state index contributed by atoms with van der Waals surface area (Å²) in [6.45, 7) is 1.58. The lowest BCUT2D eigenvalue weighted by molar-refractivity contribution is -0.138. The maximum atomic E-state index is 13.3. The second-order valence-electron chi connectivity index (χ2n) is 5.84. The molecule has 0 unspecified atom stereocenters. The number of nitrogens with zero attached hydrogens (tertiary/aromatic N) is 2. The zero-order chi connectivity index (χ0) is 17.9. The second kappa shape index (κ2) is 7.18. The number of ketones is 1. The Morgan fingerprint density at radius 2 is 2.00 bits per heavy atom. The lowest BCUT2D eigenvalue weighted by Gasteiger charge is -2.24. The normalized spacial score (nSPS) is 18.0. The highest BCUT2D eigenvalue weighted by Crippen LogP contribution is 2.32. The Bertz CT molecular complexity index is 743. The smallest absolute Gasteiger partial charge is 0.350 e. The highest BCUT2D eigenvalue weighted by molar-refractivity contribution is 6.08. The number of nitrogens with one attached hydrogen (secondary N) is 2. The van der Waals surface area contributed by atoms with Gasteiger partial charge in [0.1, 0.15) is 11.3 Å². The van der Waals surface area contributed by atoms with Gasteiger partial charge in [0.05, 0.1) is 0 Å². The minimum absolute atomic E-state index is 0.0187. The van der Waals surface area contributed by atoms with Gasteiger partial charge >= 0.3 is 6.18 Å². The van der Waals surface area contributed by atoms with Crippen LogP contribution in [0, 0.1) is 0 Å². The molecule has 1 aromatic carbocycles. The molecule has 1 atom stereocenters. The molecular weight excluding hydrogens is 333 g/mol. The third kappa shape index (κ3) is 4.14. The van der Waals surface area contributed by atoms with Crippen molar-refractivity contribution in [2.75, 3.05) is 18.4 Å². The Labute approximate surface area is 142 Å². The van der Waals surface area contributed by atoms with Crippen molar-refractivity contribution in [3.63, 3.8) is 0 Å². The molecule has 25 heavy (non-hydrogen) atoms. The van der Waals surface area contributed by atoms with Gasteiger partial charge in [-0.1, -0.05) is 30.3 Å². The Morgan fingerprint density at radius 1 is 1.24 bits per heavy atom. The van der Waals surface area contributed by atoms with Crippen LogP contribution in [0.5, 0.6) is 0 Å². The number of aromatic nitrogens is 2. The maximum Gasteiger partial charge on any atom is 0.420 e. The van der Waals surface area contributed by atoms with E-state index in [-0.39, 0.29) is 17.6 Å². The fourth-order valence-electron chi connectivity index (χ4n) is 2.72. The van der Waals surface area contributed by atoms with E-state index in [4.69, 9.17) is 0 Å². The van der Waals surface area contributed by atoms with Crippen molar-refractivity contribution in [1.82, 2.24) is 15.3 Å². The Kier molecular flexibility index (Phi) is 4.98. The van der Waals surface area contributed by atoms with Crippen LogP contribution in [0.3, 0.4) is 0 Å². The first kappa shape index (κ1) is 17.3. The predicted octanol–water partition coefficient (Wildman–Crippen LogP) is 2.89. The number of piperidine rings is 1. The van der Waals surface area contributed by atoms with Crippen LogP contribution in [-0.4, -0.2) is 34.9 Å². The standard InChI is InChI=1S/C17H17F3N4O/c18-17(19,20)13-10-22-16(23-12-7-4-8-21-9-12)24-14(13)15(25)11-5-2-1-3-6-11/h1-3,5-6,10,12,21H,4,7-9H2,(H,22,23,24)/t12-/m0/s1. The molecule has 2 heterocycles. The Balaban J connectivity index is 1.94. The molecule has 1 aliphatic rings. The molecule has 5 nitrogen and oxygen atoms in total. The molecule has 1 fully saturated rings. The fourth-order valence-corrected chi connectivity index (χ4v) is 2.72. The summed E-state index contributed by atoms with van der Waals surface area (Å²) < 4.78 is 39.8. The maximum absolute atomic E-state index is 13.3. The number of anilines is 1. The van der Waals surface area contributed by atoms with Crippen molar-refractivity contribution in [1.29, 1.82) is 0 Å². The minimum atomic E-state index is -4.70. The topological polar surface area (TPSA) is 66.9 Å². The highest BCUT2D eigenvalue weighted by atomic mass is 19.4. The third-order valence-corrected chi connectivity index (χ3v) is 3.98. The molecule has 1 aromatic heterocycles. The van der Waals surface area contributed by atoms with E-state index in [0.717, 1.165) is 19.4 Å². The van der Waals surface area contributed by atoms with Gasteiger partial charge in [-0.2, -0.15) is 13.2 Å². The van der Waals surface area contributed by atoms with Crippen LogP contribution in [0.15, 0.2) is 36.5 Å². The molecule has 0 bridgehead atoms. The highest BCUT2D eigenvalue weighted by Gasteiger charge is 2.37. The van der Waals surface area contributed by atoms with Crippen molar-refractivity contribution in [3.8, 4) is 0 Å². The molecule has 0 saturated carbocycles. The van der Waals surface area contributed by atoms with Gasteiger partial charge in [-0.25, -0.2) is 9.97 Å². The number of hydrogen-bond acceptors (Lipinski definition) is 5. The molecule has 2 aromatic rings. The quantitative estimate of drug-likeness (QED) is 0.830. The van der Waals surface area contributed by atoms with E-state index in [0.29, 0.717) is 12.7 Å². The van der Waals surface area contributed by atoms with Crippen molar-refractivity contribution in [2.24, 2.45) is 0 Å². The molecule has 1 aliphatic heterocycles. The third-order valence-electron chi connectivity index (χ3n) is 3.98. The summed E-state index contributed by atoms with van der Waals surface area (Å²) in [7, 11) is 0. The fraction of sp³-hybridized carbons (Fsp3) is 0.353. The summed E-state index contributed by atoms with van der Waals surface area (Å²) in [5.41, 5.74) is -1.62. The number of rotatable bonds is 4. The molecule has 0 radical (unpaired) electrons. The van der Waals surface area contributed by atoms with Gasteiger partial charge in [0.25, 0.3) is 0 Å². The summed E-state index contributed by atoms with van der Waals surface area (Å²) in [6.07, 6.45) is -2.22. The molecule has 8 heteroatoms. The number of hydrogen-bond donors (Lipinski definition) is 2. The van der Waals surface area contributed by atoms with E-state index in [2.05, 4.69) is 20.6 Å².